The quantitative estimate of drug-likeness (QED) is 0.236. The molecule has 0 bridgehead atoms. The van der Waals surface area contributed by atoms with Gasteiger partial charge < -0.3 is 19.9 Å². The summed E-state index contributed by atoms with van der Waals surface area (Å²) in [5.74, 6) is 1.75. The zero-order valence-corrected chi connectivity index (χ0v) is 25.1. The van der Waals surface area contributed by atoms with Crippen molar-refractivity contribution in [3.05, 3.63) is 72.1 Å². The van der Waals surface area contributed by atoms with E-state index in [1.54, 1.807) is 18.3 Å². The van der Waals surface area contributed by atoms with E-state index >= 15 is 0 Å². The number of carbonyl (C=O) groups excluding carboxylic acids is 1. The van der Waals surface area contributed by atoms with E-state index in [0.29, 0.717) is 35.8 Å². The van der Waals surface area contributed by atoms with Gasteiger partial charge in [-0.25, -0.2) is 4.98 Å². The van der Waals surface area contributed by atoms with Crippen LogP contribution in [0.3, 0.4) is 0 Å². The molecule has 2 aromatic carbocycles. The Morgan fingerprint density at radius 1 is 1.05 bits per heavy atom. The number of hydrogen-bond donors (Lipinski definition) is 2. The number of benzene rings is 2. The highest BCUT2D eigenvalue weighted by molar-refractivity contribution is 5.92. The van der Waals surface area contributed by atoms with Crippen molar-refractivity contribution in [3.63, 3.8) is 0 Å². The van der Waals surface area contributed by atoms with Crippen LogP contribution in [-0.4, -0.2) is 50.5 Å². The molecule has 5 rings (SSSR count). The van der Waals surface area contributed by atoms with E-state index < -0.39 is 0 Å². The van der Waals surface area contributed by atoms with Gasteiger partial charge in [0.2, 0.25) is 5.95 Å². The summed E-state index contributed by atoms with van der Waals surface area (Å²) in [6.07, 6.45) is 5.31. The molecule has 0 radical (unpaired) electrons. The normalized spacial score (nSPS) is 17.9. The summed E-state index contributed by atoms with van der Waals surface area (Å²) in [6, 6.07) is 18.8. The monoisotopic (exact) mass is 558 g/mol. The molecule has 8 nitrogen and oxygen atoms in total. The van der Waals surface area contributed by atoms with Gasteiger partial charge in [0.05, 0.1) is 11.0 Å². The van der Waals surface area contributed by atoms with E-state index in [2.05, 4.69) is 79.4 Å². The maximum Gasteiger partial charge on any atom is 0.270 e. The number of aryl methyl sites for hydroxylation is 1. The van der Waals surface area contributed by atoms with Crippen molar-refractivity contribution >= 4 is 28.6 Å². The molecule has 8 heteroatoms. The molecule has 4 aromatic rings. The predicted molar refractivity (Wildman–Crippen MR) is 169 cm³/mol. The SMILES string of the molecule is CC1CCCC(C)N1CCNC(=O)c1cc(Oc2ccc3c(c2)nc(Nc2cccc(C(C)(C)C)c2)n3C)ccn1.[HH].[HH]. The van der Waals surface area contributed by atoms with Crippen LogP contribution < -0.4 is 15.4 Å². The fraction of sp³-hybridized carbons (Fsp3) is 0.424. The number of carbonyl (C=O) groups is 1. The Labute approximate surface area is 246 Å². The Kier molecular flexibility index (Phi) is 8.31. The molecule has 0 spiro atoms. The van der Waals surface area contributed by atoms with E-state index in [1.165, 1.54) is 24.8 Å². The fourth-order valence-electron chi connectivity index (χ4n) is 5.59. The van der Waals surface area contributed by atoms with Gasteiger partial charge in [-0.3, -0.25) is 14.7 Å². The summed E-state index contributed by atoms with van der Waals surface area (Å²) in [5, 5.41) is 6.49. The Balaban J connectivity index is 0.00000253. The lowest BCUT2D eigenvalue weighted by atomic mass is 9.87. The first-order valence-electron chi connectivity index (χ1n) is 14.6. The Morgan fingerprint density at radius 2 is 1.80 bits per heavy atom. The Hall–Kier alpha value is -3.91. The van der Waals surface area contributed by atoms with Gasteiger partial charge >= 0.3 is 0 Å². The Bertz CT molecular complexity index is 1520. The van der Waals surface area contributed by atoms with Crippen LogP contribution in [0.15, 0.2) is 60.8 Å². The van der Waals surface area contributed by atoms with Crippen LogP contribution in [-0.2, 0) is 12.5 Å². The molecule has 0 saturated carbocycles. The highest BCUT2D eigenvalue weighted by Crippen LogP contribution is 2.30. The van der Waals surface area contributed by atoms with Gasteiger partial charge in [0, 0.05) is 59.1 Å². The van der Waals surface area contributed by atoms with E-state index in [1.807, 2.05) is 29.8 Å². The first kappa shape index (κ1) is 28.6. The number of piperidine rings is 1. The first-order chi connectivity index (χ1) is 19.6. The van der Waals surface area contributed by atoms with Crippen LogP contribution in [0.2, 0.25) is 0 Å². The summed E-state index contributed by atoms with van der Waals surface area (Å²) in [4.78, 5) is 24.4. The number of ether oxygens (including phenoxy) is 1. The molecular weight excluding hydrogens is 512 g/mol. The molecule has 220 valence electrons. The first-order valence-corrected chi connectivity index (χ1v) is 14.6. The number of nitrogens with one attached hydrogen (secondary N) is 2. The molecule has 2 aromatic heterocycles. The molecule has 0 aliphatic carbocycles. The third-order valence-corrected chi connectivity index (χ3v) is 8.07. The second kappa shape index (κ2) is 11.9. The van der Waals surface area contributed by atoms with Crippen LogP contribution in [0, 0.1) is 0 Å². The van der Waals surface area contributed by atoms with Crippen molar-refractivity contribution < 1.29 is 12.4 Å². The average molecular weight is 559 g/mol. The number of nitrogens with zero attached hydrogens (tertiary/aromatic N) is 4. The molecule has 1 aliphatic heterocycles. The topological polar surface area (TPSA) is 84.3 Å². The third kappa shape index (κ3) is 6.70. The van der Waals surface area contributed by atoms with Crippen LogP contribution >= 0.6 is 0 Å². The average Bonchev–Trinajstić information content (AvgIpc) is 3.24. The lowest BCUT2D eigenvalue weighted by Crippen LogP contribution is -2.47. The highest BCUT2D eigenvalue weighted by Gasteiger charge is 2.24. The van der Waals surface area contributed by atoms with Crippen LogP contribution in [0.25, 0.3) is 11.0 Å². The number of rotatable bonds is 8. The molecule has 2 N–H and O–H groups in total. The number of anilines is 2. The minimum absolute atomic E-state index is 0. The van der Waals surface area contributed by atoms with Gasteiger partial charge in [-0.2, -0.15) is 0 Å². The van der Waals surface area contributed by atoms with Gasteiger partial charge in [-0.05, 0) is 68.0 Å². The number of likely N-dealkylation sites (tertiary alicyclic amines) is 1. The van der Waals surface area contributed by atoms with E-state index in [0.717, 1.165) is 29.2 Å². The van der Waals surface area contributed by atoms with Crippen LogP contribution in [0.1, 0.15) is 72.8 Å². The van der Waals surface area contributed by atoms with Crippen LogP contribution in [0.5, 0.6) is 11.5 Å². The lowest BCUT2D eigenvalue weighted by molar-refractivity contribution is 0.0885. The molecule has 2 unspecified atom stereocenters. The van der Waals surface area contributed by atoms with Gasteiger partial charge in [0.15, 0.2) is 0 Å². The fourth-order valence-corrected chi connectivity index (χ4v) is 5.59. The number of aromatic nitrogens is 3. The molecule has 1 saturated heterocycles. The summed E-state index contributed by atoms with van der Waals surface area (Å²) >= 11 is 0. The number of pyridine rings is 1. The van der Waals surface area contributed by atoms with E-state index in [9.17, 15) is 4.79 Å². The predicted octanol–water partition coefficient (Wildman–Crippen LogP) is 7.29. The maximum absolute atomic E-state index is 12.8. The number of imidazole rings is 1. The van der Waals surface area contributed by atoms with Gasteiger partial charge in [-0.1, -0.05) is 39.3 Å². The standard InChI is InChI=1S/C33H42N6O2.2H2/c1-22-9-7-10-23(2)39(22)18-17-35-31(40)29-21-27(15-16-34-29)41-26-13-14-30-28(20-26)37-32(38(30)6)36-25-12-8-11-24(19-25)33(3,4)5;;/h8,11-16,19-23H,7,9-10,17-18H2,1-6H3,(H,35,40)(H,36,37);2*1H. The van der Waals surface area contributed by atoms with Crippen molar-refractivity contribution in [1.82, 2.24) is 24.8 Å². The van der Waals surface area contributed by atoms with Crippen molar-refractivity contribution in [2.75, 3.05) is 18.4 Å². The molecular formula is C33H46N6O2. The number of amides is 1. The molecule has 3 heterocycles. The van der Waals surface area contributed by atoms with Crippen molar-refractivity contribution in [3.8, 4) is 11.5 Å². The van der Waals surface area contributed by atoms with Gasteiger partial charge in [-0.15, -0.1) is 0 Å². The molecule has 1 fully saturated rings. The molecule has 1 aliphatic rings. The van der Waals surface area contributed by atoms with Gasteiger partial charge in [0.25, 0.3) is 5.91 Å². The van der Waals surface area contributed by atoms with E-state index in [4.69, 9.17) is 9.72 Å². The zero-order chi connectivity index (χ0) is 29.1. The van der Waals surface area contributed by atoms with Crippen molar-refractivity contribution in [2.45, 2.75) is 71.4 Å². The van der Waals surface area contributed by atoms with Crippen LogP contribution in [0.4, 0.5) is 11.6 Å². The summed E-state index contributed by atoms with van der Waals surface area (Å²) in [7, 11) is 1.99. The smallest absolute Gasteiger partial charge is 0.270 e. The highest BCUT2D eigenvalue weighted by atomic mass is 16.5. The van der Waals surface area contributed by atoms with Gasteiger partial charge in [0.1, 0.15) is 17.2 Å². The minimum atomic E-state index is -0.195. The number of fused-ring (bicyclic) bond motifs is 1. The van der Waals surface area contributed by atoms with E-state index in [-0.39, 0.29) is 14.2 Å². The summed E-state index contributed by atoms with van der Waals surface area (Å²) in [5.41, 5.74) is 4.45. The van der Waals surface area contributed by atoms with Crippen molar-refractivity contribution in [2.24, 2.45) is 7.05 Å². The largest absolute Gasteiger partial charge is 0.457 e. The Morgan fingerprint density at radius 3 is 2.56 bits per heavy atom. The van der Waals surface area contributed by atoms with Crippen molar-refractivity contribution in [1.29, 1.82) is 0 Å². The molecule has 2 atom stereocenters. The summed E-state index contributed by atoms with van der Waals surface area (Å²) in [6.45, 7) is 12.6. The summed E-state index contributed by atoms with van der Waals surface area (Å²) < 4.78 is 8.16. The molecule has 41 heavy (non-hydrogen) atoms. The zero-order valence-electron chi connectivity index (χ0n) is 25.1. The maximum atomic E-state index is 12.8. The number of hydrogen-bond acceptors (Lipinski definition) is 6. The lowest BCUT2D eigenvalue weighted by Gasteiger charge is -2.39. The second-order valence-corrected chi connectivity index (χ2v) is 12.2. The second-order valence-electron chi connectivity index (χ2n) is 12.2. The molecule has 1 amide bonds. The third-order valence-electron chi connectivity index (χ3n) is 8.07. The minimum Gasteiger partial charge on any atom is -0.457 e.